The zero-order valence-electron chi connectivity index (χ0n) is 9.47. The average molecular weight is 210 g/mol. The van der Waals surface area contributed by atoms with Gasteiger partial charge in [-0.25, -0.2) is 0 Å². The first-order valence-corrected chi connectivity index (χ1v) is 5.29. The number of esters is 1. The van der Waals surface area contributed by atoms with Crippen LogP contribution >= 0.6 is 0 Å². The third-order valence-electron chi connectivity index (χ3n) is 1.90. The van der Waals surface area contributed by atoms with Crippen molar-refractivity contribution in [3.8, 4) is 11.8 Å². The number of unbranched alkanes of at least 4 members (excludes halogenated alkanes) is 2. The van der Waals surface area contributed by atoms with Crippen molar-refractivity contribution in [2.75, 3.05) is 7.11 Å². The SMILES string of the molecule is CCCCC#CC(=O)CCCC(=O)OC. The molecule has 0 radical (unpaired) electrons. The van der Waals surface area contributed by atoms with Crippen molar-refractivity contribution < 1.29 is 14.3 Å². The molecule has 0 saturated heterocycles. The van der Waals surface area contributed by atoms with Crippen molar-refractivity contribution in [3.63, 3.8) is 0 Å². The topological polar surface area (TPSA) is 43.4 Å². The highest BCUT2D eigenvalue weighted by Gasteiger charge is 2.02. The molecule has 0 atom stereocenters. The van der Waals surface area contributed by atoms with Gasteiger partial charge in [-0.3, -0.25) is 9.59 Å². The lowest BCUT2D eigenvalue weighted by molar-refractivity contribution is -0.140. The van der Waals surface area contributed by atoms with Crippen LogP contribution in [0, 0.1) is 11.8 Å². The van der Waals surface area contributed by atoms with Gasteiger partial charge in [-0.05, 0) is 18.8 Å². The van der Waals surface area contributed by atoms with Crippen LogP contribution in [-0.2, 0) is 14.3 Å². The fourth-order valence-electron chi connectivity index (χ4n) is 0.984. The highest BCUT2D eigenvalue weighted by atomic mass is 16.5. The van der Waals surface area contributed by atoms with Gasteiger partial charge in [0.2, 0.25) is 5.78 Å². The van der Waals surface area contributed by atoms with Crippen LogP contribution < -0.4 is 0 Å². The summed E-state index contributed by atoms with van der Waals surface area (Å²) < 4.78 is 4.46. The van der Waals surface area contributed by atoms with Crippen LogP contribution in [0.4, 0.5) is 0 Å². The summed E-state index contributed by atoms with van der Waals surface area (Å²) in [7, 11) is 1.34. The van der Waals surface area contributed by atoms with Crippen LogP contribution in [0.25, 0.3) is 0 Å². The molecule has 0 unspecified atom stereocenters. The molecule has 15 heavy (non-hydrogen) atoms. The number of Topliss-reactive ketones (excluding diaryl/α,β-unsaturated/α-hetero) is 1. The highest BCUT2D eigenvalue weighted by Crippen LogP contribution is 1.98. The van der Waals surface area contributed by atoms with Gasteiger partial charge in [0, 0.05) is 19.3 Å². The summed E-state index contributed by atoms with van der Waals surface area (Å²) in [5.41, 5.74) is 0. The van der Waals surface area contributed by atoms with Gasteiger partial charge < -0.3 is 4.74 Å². The Morgan fingerprint density at radius 1 is 1.20 bits per heavy atom. The van der Waals surface area contributed by atoms with E-state index in [1.807, 2.05) is 0 Å². The average Bonchev–Trinajstić information content (AvgIpc) is 2.24. The van der Waals surface area contributed by atoms with Gasteiger partial charge in [-0.1, -0.05) is 19.3 Å². The summed E-state index contributed by atoms with van der Waals surface area (Å²) in [5.74, 6) is 5.03. The summed E-state index contributed by atoms with van der Waals surface area (Å²) in [5, 5.41) is 0. The van der Waals surface area contributed by atoms with Gasteiger partial charge in [-0.2, -0.15) is 0 Å². The van der Waals surface area contributed by atoms with Crippen molar-refractivity contribution in [1.82, 2.24) is 0 Å². The largest absolute Gasteiger partial charge is 0.469 e. The summed E-state index contributed by atoms with van der Waals surface area (Å²) in [6, 6.07) is 0. The molecule has 0 aromatic heterocycles. The van der Waals surface area contributed by atoms with Gasteiger partial charge in [0.1, 0.15) is 0 Å². The van der Waals surface area contributed by atoms with Crippen LogP contribution in [0.3, 0.4) is 0 Å². The second kappa shape index (κ2) is 9.26. The van der Waals surface area contributed by atoms with Crippen LogP contribution in [0.2, 0.25) is 0 Å². The third kappa shape index (κ3) is 9.01. The zero-order valence-corrected chi connectivity index (χ0v) is 9.47. The lowest BCUT2D eigenvalue weighted by Crippen LogP contribution is -2.01. The third-order valence-corrected chi connectivity index (χ3v) is 1.90. The normalized spacial score (nSPS) is 8.93. The minimum atomic E-state index is -0.276. The second-order valence-corrected chi connectivity index (χ2v) is 3.26. The van der Waals surface area contributed by atoms with E-state index in [-0.39, 0.29) is 11.8 Å². The number of hydrogen-bond acceptors (Lipinski definition) is 3. The molecule has 0 heterocycles. The van der Waals surface area contributed by atoms with Crippen LogP contribution in [-0.4, -0.2) is 18.9 Å². The van der Waals surface area contributed by atoms with E-state index >= 15 is 0 Å². The molecule has 0 bridgehead atoms. The molecule has 0 aliphatic carbocycles. The molecule has 3 nitrogen and oxygen atoms in total. The molecule has 0 aromatic rings. The number of carbonyl (C=O) groups is 2. The minimum Gasteiger partial charge on any atom is -0.469 e. The monoisotopic (exact) mass is 210 g/mol. The van der Waals surface area contributed by atoms with E-state index in [2.05, 4.69) is 23.5 Å². The van der Waals surface area contributed by atoms with Gasteiger partial charge >= 0.3 is 5.97 Å². The Morgan fingerprint density at radius 2 is 1.93 bits per heavy atom. The first-order valence-electron chi connectivity index (χ1n) is 5.29. The van der Waals surface area contributed by atoms with E-state index in [1.165, 1.54) is 7.11 Å². The Bertz CT molecular complexity index is 258. The summed E-state index contributed by atoms with van der Waals surface area (Å²) in [4.78, 5) is 21.9. The smallest absolute Gasteiger partial charge is 0.305 e. The van der Waals surface area contributed by atoms with E-state index in [4.69, 9.17) is 0 Å². The first kappa shape index (κ1) is 13.7. The van der Waals surface area contributed by atoms with Crippen molar-refractivity contribution in [3.05, 3.63) is 0 Å². The van der Waals surface area contributed by atoms with E-state index in [1.54, 1.807) is 0 Å². The van der Waals surface area contributed by atoms with Gasteiger partial charge in [-0.15, -0.1) is 0 Å². The number of hydrogen-bond donors (Lipinski definition) is 0. The van der Waals surface area contributed by atoms with E-state index in [0.29, 0.717) is 19.3 Å². The predicted octanol–water partition coefficient (Wildman–Crippen LogP) is 2.09. The van der Waals surface area contributed by atoms with Crippen LogP contribution in [0.1, 0.15) is 45.4 Å². The Kier molecular flexibility index (Phi) is 8.46. The molecule has 0 spiro atoms. The molecule has 0 fully saturated rings. The lowest BCUT2D eigenvalue weighted by atomic mass is 10.1. The fourth-order valence-corrected chi connectivity index (χ4v) is 0.984. The molecular formula is C12H18O3. The Labute approximate surface area is 91.2 Å². The van der Waals surface area contributed by atoms with Gasteiger partial charge in [0.15, 0.2) is 0 Å². The second-order valence-electron chi connectivity index (χ2n) is 3.26. The first-order chi connectivity index (χ1) is 7.20. The standard InChI is InChI=1S/C12H18O3/c1-3-4-5-6-8-11(13)9-7-10-12(14)15-2/h3-5,7,9-10H2,1-2H3. The number of rotatable bonds is 6. The molecule has 0 aromatic carbocycles. The van der Waals surface area contributed by atoms with Gasteiger partial charge in [0.05, 0.1) is 7.11 Å². The van der Waals surface area contributed by atoms with E-state index in [0.717, 1.165) is 19.3 Å². The number of methoxy groups -OCH3 is 1. The molecule has 3 heteroatoms. The van der Waals surface area contributed by atoms with Crippen molar-refractivity contribution in [2.45, 2.75) is 45.4 Å². The van der Waals surface area contributed by atoms with Crippen LogP contribution in [0.5, 0.6) is 0 Å². The molecule has 0 aliphatic rings. The maximum Gasteiger partial charge on any atom is 0.305 e. The van der Waals surface area contributed by atoms with Gasteiger partial charge in [0.25, 0.3) is 0 Å². The molecule has 0 rings (SSSR count). The minimum absolute atomic E-state index is 0.0880. The number of ketones is 1. The number of carbonyl (C=O) groups excluding carboxylic acids is 2. The Morgan fingerprint density at radius 3 is 2.53 bits per heavy atom. The highest BCUT2D eigenvalue weighted by molar-refractivity contribution is 5.95. The Balaban J connectivity index is 3.55. The molecular weight excluding hydrogens is 192 g/mol. The molecule has 0 N–H and O–H groups in total. The number of ether oxygens (including phenoxy) is 1. The fraction of sp³-hybridized carbons (Fsp3) is 0.667. The maximum atomic E-state index is 11.2. The molecule has 0 amide bonds. The van der Waals surface area contributed by atoms with E-state index < -0.39 is 0 Å². The Hall–Kier alpha value is -1.30. The van der Waals surface area contributed by atoms with Crippen molar-refractivity contribution in [1.29, 1.82) is 0 Å². The van der Waals surface area contributed by atoms with Crippen molar-refractivity contribution >= 4 is 11.8 Å². The zero-order chi connectivity index (χ0) is 11.5. The van der Waals surface area contributed by atoms with Crippen LogP contribution in [0.15, 0.2) is 0 Å². The maximum absolute atomic E-state index is 11.2. The molecule has 0 aliphatic heterocycles. The summed E-state index contributed by atoms with van der Waals surface area (Å²) in [6.45, 7) is 2.08. The summed E-state index contributed by atoms with van der Waals surface area (Å²) >= 11 is 0. The lowest BCUT2D eigenvalue weighted by Gasteiger charge is -1.95. The van der Waals surface area contributed by atoms with E-state index in [9.17, 15) is 9.59 Å². The quantitative estimate of drug-likeness (QED) is 0.292. The predicted molar refractivity (Wildman–Crippen MR) is 58.2 cm³/mol. The summed E-state index contributed by atoms with van der Waals surface area (Å²) in [6.07, 6.45) is 4.05. The molecule has 84 valence electrons. The van der Waals surface area contributed by atoms with Crippen molar-refractivity contribution in [2.24, 2.45) is 0 Å². The molecule has 0 saturated carbocycles.